The first-order valence-corrected chi connectivity index (χ1v) is 9.12. The molecule has 1 aromatic heterocycles. The van der Waals surface area contributed by atoms with Gasteiger partial charge in [0.2, 0.25) is 0 Å². The summed E-state index contributed by atoms with van der Waals surface area (Å²) in [5.41, 5.74) is 2.28. The molecule has 1 saturated heterocycles. The second kappa shape index (κ2) is 6.82. The Labute approximate surface area is 148 Å². The van der Waals surface area contributed by atoms with Crippen molar-refractivity contribution in [1.29, 1.82) is 0 Å². The number of hydrogen-bond acceptors (Lipinski definition) is 3. The lowest BCUT2D eigenvalue weighted by atomic mass is 9.85. The van der Waals surface area contributed by atoms with Crippen molar-refractivity contribution in [2.24, 2.45) is 5.92 Å². The van der Waals surface area contributed by atoms with Gasteiger partial charge in [-0.05, 0) is 36.3 Å². The van der Waals surface area contributed by atoms with Gasteiger partial charge >= 0.3 is 6.03 Å². The fourth-order valence-corrected chi connectivity index (χ4v) is 3.52. The number of hydrogen-bond donors (Lipinski definition) is 1. The quantitative estimate of drug-likeness (QED) is 0.911. The van der Waals surface area contributed by atoms with Crippen LogP contribution in [0.5, 0.6) is 0 Å². The summed E-state index contributed by atoms with van der Waals surface area (Å²) < 4.78 is 0. The van der Waals surface area contributed by atoms with Crippen molar-refractivity contribution < 1.29 is 4.79 Å². The minimum Gasteiger partial charge on any atom is -0.338 e. The summed E-state index contributed by atoms with van der Waals surface area (Å²) in [7, 11) is 0. The van der Waals surface area contributed by atoms with Gasteiger partial charge < -0.3 is 10.2 Å². The van der Waals surface area contributed by atoms with Crippen LogP contribution in [0.2, 0.25) is 0 Å². The Kier molecular flexibility index (Phi) is 4.38. The molecule has 5 heteroatoms. The number of likely N-dealkylation sites (tertiary alicyclic amines) is 1. The number of urea groups is 1. The molecule has 0 unspecified atom stereocenters. The van der Waals surface area contributed by atoms with Crippen molar-refractivity contribution in [3.8, 4) is 0 Å². The maximum Gasteiger partial charge on any atom is 0.317 e. The second-order valence-corrected chi connectivity index (χ2v) is 7.19. The lowest BCUT2D eigenvalue weighted by molar-refractivity contribution is 0.0594. The highest BCUT2D eigenvalue weighted by Crippen LogP contribution is 2.38. The van der Waals surface area contributed by atoms with Gasteiger partial charge in [-0.25, -0.2) is 14.8 Å². The number of benzene rings is 1. The maximum atomic E-state index is 12.5. The van der Waals surface area contributed by atoms with Gasteiger partial charge in [-0.15, -0.1) is 0 Å². The fraction of sp³-hybridized carbons (Fsp3) is 0.450. The molecule has 1 N–H and O–H groups in total. The van der Waals surface area contributed by atoms with Crippen LogP contribution in [-0.2, 0) is 6.42 Å². The number of aromatic nitrogens is 2. The van der Waals surface area contributed by atoms with Gasteiger partial charge in [-0.2, -0.15) is 0 Å². The third kappa shape index (κ3) is 3.50. The van der Waals surface area contributed by atoms with Crippen LogP contribution >= 0.6 is 0 Å². The van der Waals surface area contributed by atoms with Gasteiger partial charge in [-0.3, -0.25) is 0 Å². The van der Waals surface area contributed by atoms with Gasteiger partial charge in [0.25, 0.3) is 0 Å². The smallest absolute Gasteiger partial charge is 0.317 e. The number of rotatable bonds is 5. The Morgan fingerprint density at radius 3 is 2.56 bits per heavy atom. The molecule has 0 radical (unpaired) electrons. The molecule has 2 aromatic rings. The molecule has 4 rings (SSSR count). The third-order valence-electron chi connectivity index (χ3n) is 5.12. The summed E-state index contributed by atoms with van der Waals surface area (Å²) in [5.74, 6) is 2.04. The SMILES string of the molecule is C[C@H]1CN(C(=O)NCCc2cnc(C3CC3)nc2)[C@H]1c1ccccc1. The third-order valence-corrected chi connectivity index (χ3v) is 5.12. The largest absolute Gasteiger partial charge is 0.338 e. The van der Waals surface area contributed by atoms with E-state index in [1.165, 1.54) is 18.4 Å². The van der Waals surface area contributed by atoms with E-state index in [0.717, 1.165) is 24.4 Å². The molecular formula is C20H24N4O. The van der Waals surface area contributed by atoms with E-state index in [4.69, 9.17) is 0 Å². The predicted octanol–water partition coefficient (Wildman–Crippen LogP) is 3.30. The zero-order valence-corrected chi connectivity index (χ0v) is 14.6. The summed E-state index contributed by atoms with van der Waals surface area (Å²) in [6.45, 7) is 3.61. The number of carbonyl (C=O) groups is 1. The molecule has 5 nitrogen and oxygen atoms in total. The average molecular weight is 336 g/mol. The van der Waals surface area contributed by atoms with Crippen LogP contribution in [-0.4, -0.2) is 34.0 Å². The van der Waals surface area contributed by atoms with Crippen LogP contribution in [0.25, 0.3) is 0 Å². The van der Waals surface area contributed by atoms with Crippen LogP contribution in [0.1, 0.15) is 48.7 Å². The first-order chi connectivity index (χ1) is 12.2. The van der Waals surface area contributed by atoms with Gasteiger partial charge in [0.15, 0.2) is 0 Å². The average Bonchev–Trinajstić information content (AvgIpc) is 3.46. The van der Waals surface area contributed by atoms with E-state index < -0.39 is 0 Å². The molecule has 25 heavy (non-hydrogen) atoms. The van der Waals surface area contributed by atoms with Crippen molar-refractivity contribution in [1.82, 2.24) is 20.2 Å². The molecule has 1 saturated carbocycles. The van der Waals surface area contributed by atoms with Crippen molar-refractivity contribution in [2.75, 3.05) is 13.1 Å². The summed E-state index contributed by atoms with van der Waals surface area (Å²) in [6.07, 6.45) is 6.98. The van der Waals surface area contributed by atoms with Crippen molar-refractivity contribution in [3.05, 3.63) is 59.7 Å². The van der Waals surface area contributed by atoms with Crippen molar-refractivity contribution in [2.45, 2.75) is 38.1 Å². The predicted molar refractivity (Wildman–Crippen MR) is 96.2 cm³/mol. The van der Waals surface area contributed by atoms with E-state index in [9.17, 15) is 4.79 Å². The fourth-order valence-electron chi connectivity index (χ4n) is 3.52. The Hall–Kier alpha value is -2.43. The Balaban J connectivity index is 1.28. The zero-order chi connectivity index (χ0) is 17.2. The van der Waals surface area contributed by atoms with Crippen molar-refractivity contribution >= 4 is 6.03 Å². The monoisotopic (exact) mass is 336 g/mol. The number of nitrogens with one attached hydrogen (secondary N) is 1. The highest BCUT2D eigenvalue weighted by Gasteiger charge is 2.39. The van der Waals surface area contributed by atoms with Crippen LogP contribution in [0.4, 0.5) is 4.79 Å². The molecule has 2 aliphatic rings. The van der Waals surface area contributed by atoms with Gasteiger partial charge in [0, 0.05) is 31.4 Å². The number of amides is 2. The topological polar surface area (TPSA) is 58.1 Å². The van der Waals surface area contributed by atoms with Gasteiger partial charge in [0.05, 0.1) is 6.04 Å². The molecule has 1 aliphatic carbocycles. The van der Waals surface area contributed by atoms with Crippen LogP contribution in [0.15, 0.2) is 42.7 Å². The second-order valence-electron chi connectivity index (χ2n) is 7.19. The Bertz CT molecular complexity index is 727. The molecule has 2 heterocycles. The molecular weight excluding hydrogens is 312 g/mol. The number of carbonyl (C=O) groups excluding carboxylic acids is 1. The normalized spacial score (nSPS) is 22.4. The summed E-state index contributed by atoms with van der Waals surface area (Å²) in [6, 6.07) is 10.5. The number of nitrogens with zero attached hydrogens (tertiary/aromatic N) is 3. The minimum absolute atomic E-state index is 0.0162. The first kappa shape index (κ1) is 16.1. The summed E-state index contributed by atoms with van der Waals surface area (Å²) in [4.78, 5) is 23.3. The molecule has 2 amide bonds. The van der Waals surface area contributed by atoms with E-state index in [-0.39, 0.29) is 12.1 Å². The Morgan fingerprint density at radius 2 is 1.92 bits per heavy atom. The van der Waals surface area contributed by atoms with E-state index in [0.29, 0.717) is 18.4 Å². The van der Waals surface area contributed by atoms with Gasteiger partial charge in [0.1, 0.15) is 5.82 Å². The Morgan fingerprint density at radius 1 is 1.20 bits per heavy atom. The molecule has 0 spiro atoms. The molecule has 2 fully saturated rings. The first-order valence-electron chi connectivity index (χ1n) is 9.12. The highest BCUT2D eigenvalue weighted by molar-refractivity contribution is 5.75. The minimum atomic E-state index is 0.0162. The van der Waals surface area contributed by atoms with E-state index in [1.54, 1.807) is 0 Å². The molecule has 2 atom stereocenters. The zero-order valence-electron chi connectivity index (χ0n) is 14.6. The van der Waals surface area contributed by atoms with E-state index >= 15 is 0 Å². The molecule has 0 bridgehead atoms. The van der Waals surface area contributed by atoms with Crippen molar-refractivity contribution in [3.63, 3.8) is 0 Å². The molecule has 1 aliphatic heterocycles. The van der Waals surface area contributed by atoms with Crippen LogP contribution < -0.4 is 5.32 Å². The lowest BCUT2D eigenvalue weighted by Crippen LogP contribution is -2.55. The lowest BCUT2D eigenvalue weighted by Gasteiger charge is -2.46. The highest BCUT2D eigenvalue weighted by atomic mass is 16.2. The summed E-state index contributed by atoms with van der Waals surface area (Å²) in [5, 5.41) is 3.03. The maximum absolute atomic E-state index is 12.5. The van der Waals surface area contributed by atoms with E-state index in [1.807, 2.05) is 35.5 Å². The van der Waals surface area contributed by atoms with E-state index in [2.05, 4.69) is 34.3 Å². The van der Waals surface area contributed by atoms with Crippen LogP contribution in [0, 0.1) is 5.92 Å². The van der Waals surface area contributed by atoms with Crippen LogP contribution in [0.3, 0.4) is 0 Å². The molecule has 130 valence electrons. The summed E-state index contributed by atoms with van der Waals surface area (Å²) >= 11 is 0. The molecule has 1 aromatic carbocycles. The van der Waals surface area contributed by atoms with Gasteiger partial charge in [-0.1, -0.05) is 37.3 Å². The standard InChI is InChI=1S/C20H24N4O/c1-14-13-24(18(14)16-5-3-2-4-6-16)20(25)21-10-9-15-11-22-19(23-12-15)17-7-8-17/h2-6,11-12,14,17-18H,7-10,13H2,1H3,(H,21,25)/t14-,18+/m0/s1.